The predicted octanol–water partition coefficient (Wildman–Crippen LogP) is 1.01. The number of nitrogens with two attached hydrogens (primary N) is 1. The van der Waals surface area contributed by atoms with E-state index in [0.29, 0.717) is 24.3 Å². The van der Waals surface area contributed by atoms with E-state index in [1.165, 1.54) is 0 Å². The highest BCUT2D eigenvalue weighted by atomic mass is 16.5. The van der Waals surface area contributed by atoms with Crippen LogP contribution in [0.1, 0.15) is 35.7 Å². The van der Waals surface area contributed by atoms with Gasteiger partial charge in [-0.15, -0.1) is 0 Å². The molecule has 5 nitrogen and oxygen atoms in total. The molecule has 1 atom stereocenters. The van der Waals surface area contributed by atoms with Crippen molar-refractivity contribution < 1.29 is 14.3 Å². The second-order valence-corrected chi connectivity index (χ2v) is 4.60. The predicted molar refractivity (Wildman–Crippen MR) is 71.0 cm³/mol. The number of fused-ring (bicyclic) bond motifs is 1. The number of amides is 2. The van der Waals surface area contributed by atoms with Crippen LogP contribution in [-0.2, 0) is 11.2 Å². The van der Waals surface area contributed by atoms with Crippen molar-refractivity contribution in [2.24, 2.45) is 5.73 Å². The molecular weight excluding hydrogens is 244 g/mol. The third-order valence-electron chi connectivity index (χ3n) is 3.20. The Morgan fingerprint density at radius 2 is 2.32 bits per heavy atom. The van der Waals surface area contributed by atoms with Gasteiger partial charge in [0.15, 0.2) is 6.10 Å². The lowest BCUT2D eigenvalue weighted by molar-refractivity contribution is -0.124. The van der Waals surface area contributed by atoms with Crippen molar-refractivity contribution in [3.8, 4) is 5.75 Å². The lowest BCUT2D eigenvalue weighted by atomic mass is 10.0. The Balaban J connectivity index is 2.23. The summed E-state index contributed by atoms with van der Waals surface area (Å²) in [6.07, 6.45) is 1.61. The molecule has 1 unspecified atom stereocenters. The second-order valence-electron chi connectivity index (χ2n) is 4.60. The van der Waals surface area contributed by atoms with Crippen molar-refractivity contribution in [2.45, 2.75) is 32.3 Å². The quantitative estimate of drug-likeness (QED) is 0.849. The molecular formula is C14H18N2O3. The number of hydrogen-bond donors (Lipinski definition) is 2. The Morgan fingerprint density at radius 3 is 3.00 bits per heavy atom. The summed E-state index contributed by atoms with van der Waals surface area (Å²) in [7, 11) is 0. The zero-order chi connectivity index (χ0) is 13.8. The van der Waals surface area contributed by atoms with Crippen LogP contribution in [0, 0.1) is 0 Å². The smallest absolute Gasteiger partial charge is 0.258 e. The van der Waals surface area contributed by atoms with Crippen molar-refractivity contribution in [1.82, 2.24) is 5.32 Å². The molecule has 19 heavy (non-hydrogen) atoms. The lowest BCUT2D eigenvalue weighted by Gasteiger charge is -2.15. The number of benzene rings is 1. The second kappa shape index (κ2) is 5.73. The largest absolute Gasteiger partial charge is 0.481 e. The summed E-state index contributed by atoms with van der Waals surface area (Å²) in [4.78, 5) is 22.9. The van der Waals surface area contributed by atoms with E-state index in [4.69, 9.17) is 10.5 Å². The number of ether oxygens (including phenoxy) is 1. The topological polar surface area (TPSA) is 81.4 Å². The minimum atomic E-state index is -0.627. The molecule has 102 valence electrons. The number of rotatable bonds is 4. The number of hydrogen-bond acceptors (Lipinski definition) is 3. The Bertz CT molecular complexity index is 499. The van der Waals surface area contributed by atoms with E-state index in [1.807, 2.05) is 13.0 Å². The van der Waals surface area contributed by atoms with E-state index in [2.05, 4.69) is 5.32 Å². The molecule has 1 aliphatic rings. The van der Waals surface area contributed by atoms with Gasteiger partial charge in [-0.2, -0.15) is 0 Å². The molecule has 0 saturated carbocycles. The van der Waals surface area contributed by atoms with Gasteiger partial charge in [-0.05, 0) is 43.0 Å². The molecule has 1 heterocycles. The maximum absolute atomic E-state index is 11.8. The van der Waals surface area contributed by atoms with Crippen molar-refractivity contribution >= 4 is 11.8 Å². The minimum Gasteiger partial charge on any atom is -0.481 e. The van der Waals surface area contributed by atoms with Gasteiger partial charge in [-0.3, -0.25) is 9.59 Å². The fourth-order valence-electron chi connectivity index (χ4n) is 2.15. The third-order valence-corrected chi connectivity index (χ3v) is 3.20. The van der Waals surface area contributed by atoms with E-state index >= 15 is 0 Å². The highest BCUT2D eigenvalue weighted by Gasteiger charge is 2.18. The molecule has 5 heteroatoms. The van der Waals surface area contributed by atoms with Crippen molar-refractivity contribution in [3.05, 3.63) is 29.3 Å². The van der Waals surface area contributed by atoms with E-state index < -0.39 is 12.0 Å². The monoisotopic (exact) mass is 262 g/mol. The van der Waals surface area contributed by atoms with Crippen LogP contribution in [0.2, 0.25) is 0 Å². The van der Waals surface area contributed by atoms with Crippen LogP contribution in [0.15, 0.2) is 18.2 Å². The summed E-state index contributed by atoms with van der Waals surface area (Å²) in [6.45, 7) is 2.52. The first kappa shape index (κ1) is 13.4. The maximum Gasteiger partial charge on any atom is 0.258 e. The molecule has 0 spiro atoms. The molecule has 2 amide bonds. The van der Waals surface area contributed by atoms with Crippen LogP contribution in [-0.4, -0.2) is 24.5 Å². The summed E-state index contributed by atoms with van der Waals surface area (Å²) in [5, 5.41) is 2.84. The maximum atomic E-state index is 11.8. The fourth-order valence-corrected chi connectivity index (χ4v) is 2.15. The number of carbonyl (C=O) groups excluding carboxylic acids is 2. The molecule has 0 bridgehead atoms. The first-order valence-electron chi connectivity index (χ1n) is 6.49. The normalized spacial score (nSPS) is 15.9. The number of aryl methyl sites for hydroxylation is 1. The zero-order valence-corrected chi connectivity index (χ0v) is 10.9. The molecule has 0 fully saturated rings. The van der Waals surface area contributed by atoms with Crippen LogP contribution >= 0.6 is 0 Å². The van der Waals surface area contributed by atoms with E-state index in [1.54, 1.807) is 12.1 Å². The first-order valence-corrected chi connectivity index (χ1v) is 6.49. The van der Waals surface area contributed by atoms with E-state index in [0.717, 1.165) is 18.4 Å². The molecule has 1 aliphatic heterocycles. The molecule has 1 aromatic rings. The lowest BCUT2D eigenvalue weighted by Crippen LogP contribution is -2.33. The van der Waals surface area contributed by atoms with Gasteiger partial charge < -0.3 is 15.8 Å². The summed E-state index contributed by atoms with van der Waals surface area (Å²) in [5.74, 6) is 0.0512. The SMILES string of the molecule is CCC(Oc1ccc2c(c1)CCCNC2=O)C(N)=O. The van der Waals surface area contributed by atoms with Gasteiger partial charge in [0.25, 0.3) is 11.8 Å². The average molecular weight is 262 g/mol. The van der Waals surface area contributed by atoms with Gasteiger partial charge in [0, 0.05) is 12.1 Å². The average Bonchev–Trinajstić information content (AvgIpc) is 2.57. The third kappa shape index (κ3) is 3.05. The minimum absolute atomic E-state index is 0.0546. The Morgan fingerprint density at radius 1 is 1.53 bits per heavy atom. The standard InChI is InChI=1S/C14H18N2O3/c1-2-12(13(15)17)19-10-5-6-11-9(8-10)4-3-7-16-14(11)18/h5-6,8,12H,2-4,7H2,1H3,(H2,15,17)(H,16,18). The molecule has 0 saturated heterocycles. The molecule has 0 aliphatic carbocycles. The zero-order valence-electron chi connectivity index (χ0n) is 10.9. The van der Waals surface area contributed by atoms with Gasteiger partial charge in [-0.1, -0.05) is 6.92 Å². The van der Waals surface area contributed by atoms with Crippen LogP contribution in [0.4, 0.5) is 0 Å². The summed E-state index contributed by atoms with van der Waals surface area (Å²) in [6, 6.07) is 5.26. The van der Waals surface area contributed by atoms with Gasteiger partial charge in [0.1, 0.15) is 5.75 Å². The molecule has 0 aromatic heterocycles. The first-order chi connectivity index (χ1) is 9.11. The summed E-state index contributed by atoms with van der Waals surface area (Å²) >= 11 is 0. The Hall–Kier alpha value is -2.04. The van der Waals surface area contributed by atoms with Crippen LogP contribution < -0.4 is 15.8 Å². The number of carbonyl (C=O) groups is 2. The van der Waals surface area contributed by atoms with Crippen LogP contribution in [0.5, 0.6) is 5.75 Å². The van der Waals surface area contributed by atoms with Gasteiger partial charge in [0.2, 0.25) is 0 Å². The van der Waals surface area contributed by atoms with Crippen molar-refractivity contribution in [2.75, 3.05) is 6.54 Å². The number of primary amides is 1. The summed E-state index contributed by atoms with van der Waals surface area (Å²) in [5.41, 5.74) is 6.88. The van der Waals surface area contributed by atoms with E-state index in [-0.39, 0.29) is 5.91 Å². The highest BCUT2D eigenvalue weighted by molar-refractivity contribution is 5.96. The van der Waals surface area contributed by atoms with Crippen molar-refractivity contribution in [1.29, 1.82) is 0 Å². The fraction of sp³-hybridized carbons (Fsp3) is 0.429. The van der Waals surface area contributed by atoms with Crippen molar-refractivity contribution in [3.63, 3.8) is 0 Å². The van der Waals surface area contributed by atoms with Gasteiger partial charge in [-0.25, -0.2) is 0 Å². The summed E-state index contributed by atoms with van der Waals surface area (Å²) < 4.78 is 5.56. The Labute approximate surface area is 112 Å². The highest BCUT2D eigenvalue weighted by Crippen LogP contribution is 2.22. The number of nitrogens with one attached hydrogen (secondary N) is 1. The van der Waals surface area contributed by atoms with Gasteiger partial charge >= 0.3 is 0 Å². The van der Waals surface area contributed by atoms with Gasteiger partial charge in [0.05, 0.1) is 0 Å². The van der Waals surface area contributed by atoms with Crippen LogP contribution in [0.25, 0.3) is 0 Å². The molecule has 1 aromatic carbocycles. The van der Waals surface area contributed by atoms with E-state index in [9.17, 15) is 9.59 Å². The molecule has 2 rings (SSSR count). The Kier molecular flexibility index (Phi) is 4.04. The molecule has 0 radical (unpaired) electrons. The van der Waals surface area contributed by atoms with Crippen LogP contribution in [0.3, 0.4) is 0 Å². The molecule has 3 N–H and O–H groups in total.